The number of nitrogens with zero attached hydrogens (tertiary/aromatic N) is 5. The Morgan fingerprint density at radius 1 is 1.28 bits per heavy atom. The summed E-state index contributed by atoms with van der Waals surface area (Å²) in [4.78, 5) is 16.3. The van der Waals surface area contributed by atoms with Crippen LogP contribution in [0.1, 0.15) is 53.3 Å². The second-order valence-corrected chi connectivity index (χ2v) is 9.02. The number of benzene rings is 1. The van der Waals surface area contributed by atoms with Gasteiger partial charge in [0.25, 0.3) is 5.91 Å². The summed E-state index contributed by atoms with van der Waals surface area (Å²) in [5.74, 6) is 0.975. The lowest BCUT2D eigenvalue weighted by Gasteiger charge is -2.53. The molecule has 3 aliphatic rings. The predicted octanol–water partition coefficient (Wildman–Crippen LogP) is 2.53. The second-order valence-electron chi connectivity index (χ2n) is 9.02. The smallest absolute Gasteiger partial charge is 0.275 e. The van der Waals surface area contributed by atoms with E-state index in [1.165, 1.54) is 30.4 Å². The molecule has 1 aliphatic carbocycles. The zero-order chi connectivity index (χ0) is 20.0. The summed E-state index contributed by atoms with van der Waals surface area (Å²) < 4.78 is 7.58. The number of rotatable bonds is 4. The van der Waals surface area contributed by atoms with Crippen molar-refractivity contribution in [3.05, 3.63) is 41.2 Å². The van der Waals surface area contributed by atoms with Gasteiger partial charge in [-0.2, -0.15) is 0 Å². The van der Waals surface area contributed by atoms with Crippen molar-refractivity contribution < 1.29 is 9.53 Å². The van der Waals surface area contributed by atoms with Crippen molar-refractivity contribution >= 4 is 5.91 Å². The van der Waals surface area contributed by atoms with Crippen LogP contribution >= 0.6 is 0 Å². The number of hydrogen-bond donors (Lipinski definition) is 0. The maximum absolute atomic E-state index is 12.1. The van der Waals surface area contributed by atoms with E-state index in [-0.39, 0.29) is 5.91 Å². The molecule has 2 fully saturated rings. The second kappa shape index (κ2) is 7.13. The Hall–Kier alpha value is -2.41. The maximum atomic E-state index is 12.1. The molecule has 0 bridgehead atoms. The van der Waals surface area contributed by atoms with Gasteiger partial charge in [0.15, 0.2) is 5.69 Å². The van der Waals surface area contributed by atoms with Crippen LogP contribution in [0.5, 0.6) is 5.75 Å². The molecule has 2 aliphatic heterocycles. The summed E-state index contributed by atoms with van der Waals surface area (Å²) >= 11 is 0. The monoisotopic (exact) mass is 395 g/mol. The van der Waals surface area contributed by atoms with Crippen LogP contribution in [0, 0.1) is 5.41 Å². The first-order chi connectivity index (χ1) is 14.0. The lowest BCUT2D eigenvalue weighted by Crippen LogP contribution is -2.49. The first kappa shape index (κ1) is 18.6. The average Bonchev–Trinajstić information content (AvgIpc) is 3.36. The third-order valence-corrected chi connectivity index (χ3v) is 7.09. The zero-order valence-electron chi connectivity index (χ0n) is 17.3. The molecule has 29 heavy (non-hydrogen) atoms. The first-order valence-electron chi connectivity index (χ1n) is 10.6. The van der Waals surface area contributed by atoms with Gasteiger partial charge in [0.2, 0.25) is 0 Å². The molecule has 7 heteroatoms. The summed E-state index contributed by atoms with van der Waals surface area (Å²) in [5, 5.41) is 8.42. The Balaban J connectivity index is 1.21. The molecule has 0 N–H and O–H groups in total. The number of ether oxygens (including phenoxy) is 1. The molecule has 1 saturated carbocycles. The minimum Gasteiger partial charge on any atom is -0.493 e. The molecule has 1 spiro atoms. The van der Waals surface area contributed by atoms with E-state index in [0.717, 1.165) is 44.8 Å². The Kier molecular flexibility index (Phi) is 4.57. The number of hydrogen-bond acceptors (Lipinski definition) is 5. The SMILES string of the molecule is CN(C)C(=O)c1cn(C2CCC23CCN(Cc2ccc4c(c2)CCO4)CC3)nn1. The molecule has 5 rings (SSSR count). The quantitative estimate of drug-likeness (QED) is 0.796. The molecular weight excluding hydrogens is 366 g/mol. The molecule has 1 aromatic heterocycles. The summed E-state index contributed by atoms with van der Waals surface area (Å²) in [6.07, 6.45) is 7.62. The molecule has 1 amide bonds. The number of likely N-dealkylation sites (tertiary alicyclic amines) is 1. The highest BCUT2D eigenvalue weighted by molar-refractivity contribution is 5.91. The fourth-order valence-electron chi connectivity index (χ4n) is 5.19. The van der Waals surface area contributed by atoms with Gasteiger partial charge < -0.3 is 9.64 Å². The van der Waals surface area contributed by atoms with E-state index in [1.807, 2.05) is 10.9 Å². The van der Waals surface area contributed by atoms with E-state index < -0.39 is 0 Å². The summed E-state index contributed by atoms with van der Waals surface area (Å²) in [6, 6.07) is 7.03. The number of piperidine rings is 1. The molecule has 0 radical (unpaired) electrons. The van der Waals surface area contributed by atoms with Crippen LogP contribution in [-0.4, -0.2) is 64.5 Å². The number of carbonyl (C=O) groups excluding carboxylic acids is 1. The highest BCUT2D eigenvalue weighted by Crippen LogP contribution is 2.56. The van der Waals surface area contributed by atoms with Gasteiger partial charge in [-0.05, 0) is 61.4 Å². The molecule has 1 aromatic carbocycles. The van der Waals surface area contributed by atoms with Gasteiger partial charge >= 0.3 is 0 Å². The van der Waals surface area contributed by atoms with Crippen LogP contribution in [0.4, 0.5) is 0 Å². The van der Waals surface area contributed by atoms with Gasteiger partial charge in [-0.1, -0.05) is 17.3 Å². The molecule has 2 aromatic rings. The van der Waals surface area contributed by atoms with Crippen LogP contribution in [0.25, 0.3) is 0 Å². The van der Waals surface area contributed by atoms with Crippen LogP contribution in [-0.2, 0) is 13.0 Å². The Labute approximate surface area is 171 Å². The summed E-state index contributed by atoms with van der Waals surface area (Å²) in [6.45, 7) is 4.06. The normalized spacial score (nSPS) is 22.8. The van der Waals surface area contributed by atoms with Crippen LogP contribution < -0.4 is 4.74 Å². The minimum atomic E-state index is -0.0841. The molecular formula is C22H29N5O2. The van der Waals surface area contributed by atoms with Crippen molar-refractivity contribution in [3.8, 4) is 5.75 Å². The van der Waals surface area contributed by atoms with Gasteiger partial charge in [0, 0.05) is 27.1 Å². The third-order valence-electron chi connectivity index (χ3n) is 7.09. The van der Waals surface area contributed by atoms with Crippen molar-refractivity contribution in [2.45, 2.75) is 44.7 Å². The van der Waals surface area contributed by atoms with E-state index in [2.05, 4.69) is 33.4 Å². The fourth-order valence-corrected chi connectivity index (χ4v) is 5.19. The Morgan fingerprint density at radius 3 is 2.83 bits per heavy atom. The summed E-state index contributed by atoms with van der Waals surface area (Å²) in [5.41, 5.74) is 3.49. The van der Waals surface area contributed by atoms with Crippen molar-refractivity contribution in [2.75, 3.05) is 33.8 Å². The number of carbonyl (C=O) groups is 1. The zero-order valence-corrected chi connectivity index (χ0v) is 17.3. The third kappa shape index (κ3) is 3.31. The van der Waals surface area contributed by atoms with Gasteiger partial charge in [-0.15, -0.1) is 5.10 Å². The van der Waals surface area contributed by atoms with Gasteiger partial charge in [-0.25, -0.2) is 4.68 Å². The van der Waals surface area contributed by atoms with Crippen molar-refractivity contribution in [3.63, 3.8) is 0 Å². The lowest BCUT2D eigenvalue weighted by molar-refractivity contribution is -0.0334. The van der Waals surface area contributed by atoms with E-state index in [4.69, 9.17) is 4.74 Å². The molecule has 3 heterocycles. The van der Waals surface area contributed by atoms with Crippen LogP contribution in [0.15, 0.2) is 24.4 Å². The van der Waals surface area contributed by atoms with Crippen LogP contribution in [0.2, 0.25) is 0 Å². The Bertz CT molecular complexity index is 914. The van der Waals surface area contributed by atoms with E-state index in [1.54, 1.807) is 19.0 Å². The highest BCUT2D eigenvalue weighted by atomic mass is 16.5. The predicted molar refractivity (Wildman–Crippen MR) is 109 cm³/mol. The van der Waals surface area contributed by atoms with Crippen molar-refractivity contribution in [2.24, 2.45) is 5.41 Å². The van der Waals surface area contributed by atoms with E-state index >= 15 is 0 Å². The highest BCUT2D eigenvalue weighted by Gasteiger charge is 2.49. The molecule has 7 nitrogen and oxygen atoms in total. The van der Waals surface area contributed by atoms with E-state index in [9.17, 15) is 4.79 Å². The standard InChI is InChI=1S/C22H29N5O2/c1-25(2)21(28)18-15-27(24-23-18)20-5-7-22(20)8-10-26(11-9-22)14-16-3-4-19-17(13-16)6-12-29-19/h3-4,13,15,20H,5-12,14H2,1-2H3. The summed E-state index contributed by atoms with van der Waals surface area (Å²) in [7, 11) is 3.49. The van der Waals surface area contributed by atoms with Crippen molar-refractivity contribution in [1.82, 2.24) is 24.8 Å². The number of aromatic nitrogens is 3. The number of fused-ring (bicyclic) bond motifs is 1. The lowest BCUT2D eigenvalue weighted by atomic mass is 9.59. The largest absolute Gasteiger partial charge is 0.493 e. The van der Waals surface area contributed by atoms with Gasteiger partial charge in [-0.3, -0.25) is 9.69 Å². The van der Waals surface area contributed by atoms with Gasteiger partial charge in [0.1, 0.15) is 5.75 Å². The average molecular weight is 396 g/mol. The topological polar surface area (TPSA) is 63.5 Å². The Morgan fingerprint density at radius 2 is 2.10 bits per heavy atom. The molecule has 1 atom stereocenters. The van der Waals surface area contributed by atoms with E-state index in [0.29, 0.717) is 17.2 Å². The first-order valence-corrected chi connectivity index (χ1v) is 10.6. The minimum absolute atomic E-state index is 0.0841. The molecule has 1 unspecified atom stereocenters. The van der Waals surface area contributed by atoms with Crippen LogP contribution in [0.3, 0.4) is 0 Å². The van der Waals surface area contributed by atoms with Gasteiger partial charge in [0.05, 0.1) is 18.8 Å². The number of amides is 1. The maximum Gasteiger partial charge on any atom is 0.275 e. The molecule has 154 valence electrons. The fraction of sp³-hybridized carbons (Fsp3) is 0.591. The van der Waals surface area contributed by atoms with Crippen molar-refractivity contribution in [1.29, 1.82) is 0 Å². The molecule has 1 saturated heterocycles.